The van der Waals surface area contributed by atoms with Crippen LogP contribution in [0, 0.1) is 13.8 Å². The molecule has 1 aliphatic rings. The van der Waals surface area contributed by atoms with Gasteiger partial charge in [-0.15, -0.1) is 0 Å². The summed E-state index contributed by atoms with van der Waals surface area (Å²) in [4.78, 5) is 11.1. The molecule has 1 saturated heterocycles. The summed E-state index contributed by atoms with van der Waals surface area (Å²) in [7, 11) is -2.93. The first kappa shape index (κ1) is 18.6. The number of rotatable bonds is 6. The van der Waals surface area contributed by atoms with Crippen LogP contribution in [0.5, 0.6) is 0 Å². The van der Waals surface area contributed by atoms with Gasteiger partial charge in [0.15, 0.2) is 9.84 Å². The van der Waals surface area contributed by atoms with Crippen molar-refractivity contribution in [1.82, 2.24) is 9.97 Å². The van der Waals surface area contributed by atoms with Gasteiger partial charge < -0.3 is 10.2 Å². The Morgan fingerprint density at radius 2 is 2.04 bits per heavy atom. The summed E-state index contributed by atoms with van der Waals surface area (Å²) in [6, 6.07) is 10.2. The highest BCUT2D eigenvalue weighted by atomic mass is 32.2. The molecule has 0 amide bonds. The van der Waals surface area contributed by atoms with Crippen LogP contribution in [-0.2, 0) is 16.4 Å². The van der Waals surface area contributed by atoms with Gasteiger partial charge in [0.25, 0.3) is 0 Å². The molecule has 0 spiro atoms. The van der Waals surface area contributed by atoms with Crippen molar-refractivity contribution >= 4 is 21.5 Å². The van der Waals surface area contributed by atoms with Gasteiger partial charge in [0.2, 0.25) is 0 Å². The number of anilines is 2. The number of sulfone groups is 1. The Bertz CT molecular complexity index is 883. The molecule has 1 fully saturated rings. The van der Waals surface area contributed by atoms with E-state index in [1.54, 1.807) is 0 Å². The molecule has 2 heterocycles. The highest BCUT2D eigenvalue weighted by Crippen LogP contribution is 2.24. The quantitative estimate of drug-likeness (QED) is 0.838. The van der Waals surface area contributed by atoms with Crippen molar-refractivity contribution in [3.63, 3.8) is 0 Å². The van der Waals surface area contributed by atoms with Crippen molar-refractivity contribution in [2.75, 3.05) is 28.3 Å². The van der Waals surface area contributed by atoms with Crippen molar-refractivity contribution in [3.8, 4) is 0 Å². The third kappa shape index (κ3) is 4.52. The van der Waals surface area contributed by atoms with E-state index in [2.05, 4.69) is 45.3 Å². The molecule has 0 bridgehead atoms. The fourth-order valence-corrected chi connectivity index (χ4v) is 5.16. The fraction of sp³-hybridized carbons (Fsp3) is 0.474. The van der Waals surface area contributed by atoms with Crippen LogP contribution in [0.2, 0.25) is 0 Å². The molecule has 1 atom stereocenters. The molecule has 1 aliphatic heterocycles. The average Bonchev–Trinajstić information content (AvgIpc) is 2.93. The third-order valence-electron chi connectivity index (χ3n) is 4.66. The van der Waals surface area contributed by atoms with E-state index in [4.69, 9.17) is 0 Å². The van der Waals surface area contributed by atoms with Crippen molar-refractivity contribution in [3.05, 3.63) is 47.3 Å². The predicted molar refractivity (Wildman–Crippen MR) is 105 cm³/mol. The minimum atomic E-state index is -2.93. The van der Waals surface area contributed by atoms with E-state index in [0.29, 0.717) is 25.3 Å². The van der Waals surface area contributed by atoms with Crippen LogP contribution in [0.1, 0.15) is 30.3 Å². The number of hydrogen-bond acceptors (Lipinski definition) is 6. The monoisotopic (exact) mass is 374 g/mol. The van der Waals surface area contributed by atoms with Gasteiger partial charge in [0.1, 0.15) is 17.5 Å². The Labute approximate surface area is 155 Å². The topological polar surface area (TPSA) is 75.2 Å². The lowest BCUT2D eigenvalue weighted by atomic mass is 10.1. The lowest BCUT2D eigenvalue weighted by Crippen LogP contribution is -2.37. The van der Waals surface area contributed by atoms with Gasteiger partial charge in [-0.2, -0.15) is 0 Å². The zero-order chi connectivity index (χ0) is 18.7. The number of nitrogens with one attached hydrogen (secondary N) is 1. The molecule has 1 aromatic heterocycles. The third-order valence-corrected chi connectivity index (χ3v) is 6.42. The summed E-state index contributed by atoms with van der Waals surface area (Å²) >= 11 is 0. The van der Waals surface area contributed by atoms with Gasteiger partial charge >= 0.3 is 0 Å². The van der Waals surface area contributed by atoms with Gasteiger partial charge in [-0.25, -0.2) is 18.4 Å². The highest BCUT2D eigenvalue weighted by molar-refractivity contribution is 7.91. The van der Waals surface area contributed by atoms with Gasteiger partial charge in [-0.05, 0) is 32.8 Å². The van der Waals surface area contributed by atoms with Gasteiger partial charge in [0.05, 0.1) is 11.5 Å². The van der Waals surface area contributed by atoms with E-state index >= 15 is 0 Å². The van der Waals surface area contributed by atoms with Crippen LogP contribution >= 0.6 is 0 Å². The first-order valence-electron chi connectivity index (χ1n) is 8.98. The normalized spacial score (nSPS) is 18.7. The Balaban J connectivity index is 1.78. The lowest BCUT2D eigenvalue weighted by molar-refractivity contribution is 0.599. The van der Waals surface area contributed by atoms with E-state index in [0.717, 1.165) is 11.6 Å². The lowest BCUT2D eigenvalue weighted by Gasteiger charge is -2.28. The molecule has 7 heteroatoms. The Hall–Kier alpha value is -2.15. The molecule has 1 unspecified atom stereocenters. The van der Waals surface area contributed by atoms with E-state index in [9.17, 15) is 8.42 Å². The van der Waals surface area contributed by atoms with Gasteiger partial charge in [-0.3, -0.25) is 0 Å². The molecule has 26 heavy (non-hydrogen) atoms. The highest BCUT2D eigenvalue weighted by Gasteiger charge is 2.32. The first-order chi connectivity index (χ1) is 12.4. The van der Waals surface area contributed by atoms with E-state index in [1.165, 1.54) is 11.1 Å². The van der Waals surface area contributed by atoms with Crippen molar-refractivity contribution in [1.29, 1.82) is 0 Å². The molecule has 3 rings (SSSR count). The van der Waals surface area contributed by atoms with E-state index in [-0.39, 0.29) is 17.5 Å². The zero-order valence-corrected chi connectivity index (χ0v) is 16.4. The molecule has 2 aromatic rings. The second kappa shape index (κ2) is 7.61. The number of aryl methyl sites for hydroxylation is 2. The zero-order valence-electron chi connectivity index (χ0n) is 15.6. The Morgan fingerprint density at radius 3 is 2.69 bits per heavy atom. The summed E-state index contributed by atoms with van der Waals surface area (Å²) in [5, 5.41) is 3.36. The average molecular weight is 375 g/mol. The smallest absolute Gasteiger partial charge is 0.152 e. The maximum Gasteiger partial charge on any atom is 0.152 e. The molecule has 1 aromatic carbocycles. The molecular weight excluding hydrogens is 348 g/mol. The number of aromatic nitrogens is 2. The molecule has 0 saturated carbocycles. The van der Waals surface area contributed by atoms with Crippen molar-refractivity contribution < 1.29 is 8.42 Å². The van der Waals surface area contributed by atoms with Crippen LogP contribution in [0.15, 0.2) is 30.3 Å². The summed E-state index contributed by atoms with van der Waals surface area (Å²) in [6.45, 7) is 7.36. The second-order valence-electron chi connectivity index (χ2n) is 6.84. The molecule has 1 N–H and O–H groups in total. The summed E-state index contributed by atoms with van der Waals surface area (Å²) in [5.41, 5.74) is 2.42. The Morgan fingerprint density at radius 1 is 1.23 bits per heavy atom. The summed E-state index contributed by atoms with van der Waals surface area (Å²) < 4.78 is 23.7. The van der Waals surface area contributed by atoms with Crippen LogP contribution < -0.4 is 10.2 Å². The van der Waals surface area contributed by atoms with Crippen LogP contribution in [0.25, 0.3) is 0 Å². The van der Waals surface area contributed by atoms with Crippen molar-refractivity contribution in [2.24, 2.45) is 0 Å². The van der Waals surface area contributed by atoms with Crippen LogP contribution in [0.4, 0.5) is 11.6 Å². The Kier molecular flexibility index (Phi) is 5.46. The SMILES string of the molecule is CCN(c1cc(NCc2cccc(C)c2)nc(C)n1)C1CCS(=O)(=O)C1. The van der Waals surface area contributed by atoms with E-state index in [1.807, 2.05) is 26.0 Å². The molecule has 0 aliphatic carbocycles. The number of nitrogens with zero attached hydrogens (tertiary/aromatic N) is 3. The van der Waals surface area contributed by atoms with E-state index < -0.39 is 9.84 Å². The number of benzene rings is 1. The van der Waals surface area contributed by atoms with Crippen LogP contribution in [-0.4, -0.2) is 42.5 Å². The summed E-state index contributed by atoms with van der Waals surface area (Å²) in [6.07, 6.45) is 0.658. The minimum Gasteiger partial charge on any atom is -0.366 e. The second-order valence-corrected chi connectivity index (χ2v) is 9.07. The van der Waals surface area contributed by atoms with Crippen molar-refractivity contribution in [2.45, 2.75) is 39.8 Å². The number of hydrogen-bond donors (Lipinski definition) is 1. The predicted octanol–water partition coefficient (Wildman–Crippen LogP) is 2.72. The standard InChI is InChI=1S/C19H26N4O2S/c1-4-23(17-8-9-26(24,25)13-17)19-11-18(21-15(3)22-19)20-12-16-7-5-6-14(2)10-16/h5-7,10-11,17H,4,8-9,12-13H2,1-3H3,(H,20,21,22). The largest absolute Gasteiger partial charge is 0.366 e. The van der Waals surface area contributed by atoms with Gasteiger partial charge in [0, 0.05) is 25.2 Å². The molecular formula is C19H26N4O2S. The van der Waals surface area contributed by atoms with Gasteiger partial charge in [-0.1, -0.05) is 29.8 Å². The maximum atomic E-state index is 11.8. The molecule has 6 nitrogen and oxygen atoms in total. The van der Waals surface area contributed by atoms with Crippen LogP contribution in [0.3, 0.4) is 0 Å². The first-order valence-corrected chi connectivity index (χ1v) is 10.8. The maximum absolute atomic E-state index is 11.8. The minimum absolute atomic E-state index is 0.0103. The molecule has 0 radical (unpaired) electrons. The fourth-order valence-electron chi connectivity index (χ4n) is 3.43. The molecule has 140 valence electrons. The summed E-state index contributed by atoms with van der Waals surface area (Å²) in [5.74, 6) is 2.68.